The number of azide groups is 1. The Hall–Kier alpha value is -2.04. The lowest BCUT2D eigenvalue weighted by Crippen LogP contribution is -2.35. The first kappa shape index (κ1) is 16.0. The molecule has 0 aliphatic heterocycles. The van der Waals surface area contributed by atoms with E-state index in [-0.39, 0.29) is 18.7 Å². The van der Waals surface area contributed by atoms with E-state index in [1.807, 2.05) is 37.3 Å². The van der Waals surface area contributed by atoms with Gasteiger partial charge in [-0.2, -0.15) is 0 Å². The Balaban J connectivity index is 2.59. The van der Waals surface area contributed by atoms with E-state index in [4.69, 9.17) is 10.3 Å². The Bertz CT molecular complexity index is 469. The van der Waals surface area contributed by atoms with Gasteiger partial charge in [-0.05, 0) is 31.9 Å². The number of hydrogen-bond donors (Lipinski definition) is 1. The van der Waals surface area contributed by atoms with E-state index < -0.39 is 12.0 Å². The third kappa shape index (κ3) is 5.30. The topological polar surface area (TPSA) is 87.1 Å². The lowest BCUT2D eigenvalue weighted by Gasteiger charge is -2.18. The minimum atomic E-state index is -0.853. The first-order valence-corrected chi connectivity index (χ1v) is 6.57. The van der Waals surface area contributed by atoms with Gasteiger partial charge in [0.1, 0.15) is 6.04 Å². The van der Waals surface area contributed by atoms with Crippen LogP contribution >= 0.6 is 0 Å². The van der Waals surface area contributed by atoms with Crippen LogP contribution in [0.1, 0.15) is 32.4 Å². The fourth-order valence-electron chi connectivity index (χ4n) is 1.69. The van der Waals surface area contributed by atoms with Crippen molar-refractivity contribution in [1.29, 1.82) is 0 Å². The maximum atomic E-state index is 11.8. The largest absolute Gasteiger partial charge is 0.463 e. The van der Waals surface area contributed by atoms with Crippen LogP contribution in [-0.2, 0) is 9.53 Å². The summed E-state index contributed by atoms with van der Waals surface area (Å²) >= 11 is 0. The summed E-state index contributed by atoms with van der Waals surface area (Å²) in [4.78, 5) is 14.5. The molecule has 1 rings (SSSR count). The molecule has 1 N–H and O–H groups in total. The van der Waals surface area contributed by atoms with Crippen molar-refractivity contribution in [3.05, 3.63) is 46.3 Å². The summed E-state index contributed by atoms with van der Waals surface area (Å²) in [6.45, 7) is 5.73. The van der Waals surface area contributed by atoms with Crippen LogP contribution in [-0.4, -0.2) is 24.7 Å². The van der Waals surface area contributed by atoms with Gasteiger partial charge in [0.2, 0.25) is 0 Å². The number of hydrogen-bond acceptors (Lipinski definition) is 4. The highest BCUT2D eigenvalue weighted by Crippen LogP contribution is 2.11. The van der Waals surface area contributed by atoms with Gasteiger partial charge in [-0.3, -0.25) is 4.79 Å². The molecule has 0 bridgehead atoms. The van der Waals surface area contributed by atoms with Gasteiger partial charge in [0.05, 0.1) is 6.10 Å². The molecule has 0 saturated heterocycles. The third-order valence-corrected chi connectivity index (χ3v) is 2.73. The molecule has 20 heavy (non-hydrogen) atoms. The molecule has 0 fully saturated rings. The highest BCUT2D eigenvalue weighted by atomic mass is 16.5. The second kappa shape index (κ2) is 8.19. The summed E-state index contributed by atoms with van der Waals surface area (Å²) in [7, 11) is 0. The number of ether oxygens (including phenoxy) is 1. The zero-order valence-corrected chi connectivity index (χ0v) is 12.0. The number of carbonyl (C=O) groups is 1. The van der Waals surface area contributed by atoms with Crippen molar-refractivity contribution in [3.63, 3.8) is 0 Å². The summed E-state index contributed by atoms with van der Waals surface area (Å²) in [5.41, 5.74) is 9.63. The van der Waals surface area contributed by atoms with Crippen LogP contribution in [0.15, 0.2) is 35.4 Å². The third-order valence-electron chi connectivity index (χ3n) is 2.73. The fourth-order valence-corrected chi connectivity index (χ4v) is 1.69. The second-order valence-corrected chi connectivity index (χ2v) is 4.75. The van der Waals surface area contributed by atoms with Gasteiger partial charge >= 0.3 is 5.97 Å². The average molecular weight is 276 g/mol. The van der Waals surface area contributed by atoms with Crippen LogP contribution in [0.25, 0.3) is 10.4 Å². The van der Waals surface area contributed by atoms with E-state index in [1.165, 1.54) is 0 Å². The van der Waals surface area contributed by atoms with Crippen molar-refractivity contribution in [1.82, 2.24) is 5.32 Å². The molecule has 1 aromatic carbocycles. The molecular weight excluding hydrogens is 256 g/mol. The molecular formula is C14H20N4O2. The Morgan fingerprint density at radius 3 is 2.55 bits per heavy atom. The molecule has 2 atom stereocenters. The van der Waals surface area contributed by atoms with Gasteiger partial charge in [-0.15, -0.1) is 0 Å². The highest BCUT2D eigenvalue weighted by molar-refractivity contribution is 5.76. The molecule has 0 aromatic heterocycles. The number of nitrogens with zero attached hydrogens (tertiary/aromatic N) is 3. The molecule has 0 amide bonds. The first-order valence-electron chi connectivity index (χ1n) is 6.57. The zero-order chi connectivity index (χ0) is 15.0. The van der Waals surface area contributed by atoms with Crippen LogP contribution < -0.4 is 5.32 Å². The standard InChI is InChI=1S/C14H20N4O2/c1-10(2)20-14(19)13(17-18-15)9-16-11(3)12-7-5-4-6-8-12/h4-8,10-11,13,16H,9H2,1-3H3/t11-,13+/m1/s1. The van der Waals surface area contributed by atoms with E-state index >= 15 is 0 Å². The molecule has 0 aliphatic carbocycles. The molecule has 6 nitrogen and oxygen atoms in total. The Kier molecular flexibility index (Phi) is 6.56. The Morgan fingerprint density at radius 1 is 1.35 bits per heavy atom. The second-order valence-electron chi connectivity index (χ2n) is 4.75. The van der Waals surface area contributed by atoms with Gasteiger partial charge in [0.25, 0.3) is 0 Å². The van der Waals surface area contributed by atoms with Gasteiger partial charge in [-0.1, -0.05) is 35.4 Å². The smallest absolute Gasteiger partial charge is 0.316 e. The fraction of sp³-hybridized carbons (Fsp3) is 0.500. The number of carbonyl (C=O) groups excluding carboxylic acids is 1. The predicted molar refractivity (Wildman–Crippen MR) is 77.0 cm³/mol. The predicted octanol–water partition coefficient (Wildman–Crippen LogP) is 2.97. The van der Waals surface area contributed by atoms with E-state index in [2.05, 4.69) is 15.3 Å². The van der Waals surface area contributed by atoms with Crippen LogP contribution in [0.4, 0.5) is 0 Å². The van der Waals surface area contributed by atoms with E-state index in [0.717, 1.165) is 5.56 Å². The first-order chi connectivity index (χ1) is 9.54. The molecule has 0 radical (unpaired) electrons. The summed E-state index contributed by atoms with van der Waals surface area (Å²) < 4.78 is 5.06. The van der Waals surface area contributed by atoms with Gasteiger partial charge < -0.3 is 10.1 Å². The van der Waals surface area contributed by atoms with E-state index in [1.54, 1.807) is 13.8 Å². The highest BCUT2D eigenvalue weighted by Gasteiger charge is 2.20. The summed E-state index contributed by atoms with van der Waals surface area (Å²) in [6, 6.07) is 9.03. The molecule has 108 valence electrons. The Morgan fingerprint density at radius 2 is 2.00 bits per heavy atom. The lowest BCUT2D eigenvalue weighted by molar-refractivity contribution is -0.148. The zero-order valence-electron chi connectivity index (χ0n) is 12.0. The quantitative estimate of drug-likeness (QED) is 0.359. The number of rotatable bonds is 7. The molecule has 6 heteroatoms. The lowest BCUT2D eigenvalue weighted by atomic mass is 10.1. The Labute approximate surface area is 118 Å². The molecule has 0 heterocycles. The van der Waals surface area contributed by atoms with E-state index in [0.29, 0.717) is 0 Å². The number of esters is 1. The van der Waals surface area contributed by atoms with Gasteiger partial charge in [-0.25, -0.2) is 0 Å². The van der Waals surface area contributed by atoms with Crippen LogP contribution in [0, 0.1) is 0 Å². The van der Waals surface area contributed by atoms with Crippen molar-refractivity contribution >= 4 is 5.97 Å². The minimum absolute atomic E-state index is 0.0550. The number of benzene rings is 1. The van der Waals surface area contributed by atoms with Crippen LogP contribution in [0.2, 0.25) is 0 Å². The average Bonchev–Trinajstić information content (AvgIpc) is 2.43. The monoisotopic (exact) mass is 276 g/mol. The summed E-state index contributed by atoms with van der Waals surface area (Å²) in [5, 5.41) is 6.66. The maximum absolute atomic E-state index is 11.8. The maximum Gasteiger partial charge on any atom is 0.316 e. The molecule has 0 spiro atoms. The molecule has 0 aliphatic rings. The SMILES string of the molecule is CC(C)OC(=O)[C@H](CN[C@H](C)c1ccccc1)N=[N+]=[N-]. The summed E-state index contributed by atoms with van der Waals surface area (Å²) in [5.74, 6) is -0.509. The van der Waals surface area contributed by atoms with Crippen LogP contribution in [0.5, 0.6) is 0 Å². The van der Waals surface area contributed by atoms with E-state index in [9.17, 15) is 4.79 Å². The van der Waals surface area contributed by atoms with Crippen molar-refractivity contribution in [2.24, 2.45) is 5.11 Å². The molecule has 0 unspecified atom stereocenters. The molecule has 1 aromatic rings. The normalized spacial score (nSPS) is 13.4. The van der Waals surface area contributed by atoms with Crippen LogP contribution in [0.3, 0.4) is 0 Å². The van der Waals surface area contributed by atoms with Crippen molar-refractivity contribution in [2.75, 3.05) is 6.54 Å². The van der Waals surface area contributed by atoms with Crippen molar-refractivity contribution in [2.45, 2.75) is 39.0 Å². The van der Waals surface area contributed by atoms with Gasteiger partial charge in [0, 0.05) is 17.5 Å². The summed E-state index contributed by atoms with van der Waals surface area (Å²) in [6.07, 6.45) is -0.231. The van der Waals surface area contributed by atoms with Crippen molar-refractivity contribution < 1.29 is 9.53 Å². The minimum Gasteiger partial charge on any atom is -0.463 e. The molecule has 0 saturated carbocycles. The number of nitrogens with one attached hydrogen (secondary N) is 1. The van der Waals surface area contributed by atoms with Crippen molar-refractivity contribution in [3.8, 4) is 0 Å². The van der Waals surface area contributed by atoms with Gasteiger partial charge in [0.15, 0.2) is 0 Å².